The molecule has 0 fully saturated rings. The number of thiophene rings is 1. The lowest BCUT2D eigenvalue weighted by Crippen LogP contribution is -1.95. The maximum atomic E-state index is 10.9. The van der Waals surface area contributed by atoms with Crippen LogP contribution < -0.4 is 0 Å². The molecule has 0 aliphatic carbocycles. The third kappa shape index (κ3) is 2.54. The predicted octanol–water partition coefficient (Wildman–Crippen LogP) is 4.12. The van der Waals surface area contributed by atoms with Crippen molar-refractivity contribution in [1.82, 2.24) is 14.8 Å². The van der Waals surface area contributed by atoms with Crippen molar-refractivity contribution >= 4 is 39.5 Å². The zero-order valence-electron chi connectivity index (χ0n) is 12.1. The standard InChI is InChI=1S/C16H11N3O2S2/c1-19-7-10-6-9(2-3-11(10)18-19)13-4-5-14(23-13)15-17-12(8-22-15)16(20)21/h2-8H,1H3,(H,20,21). The maximum absolute atomic E-state index is 10.9. The molecule has 4 aromatic rings. The van der Waals surface area contributed by atoms with Gasteiger partial charge in [-0.15, -0.1) is 22.7 Å². The molecule has 1 N–H and O–H groups in total. The second-order valence-corrected chi connectivity index (χ2v) is 7.03. The summed E-state index contributed by atoms with van der Waals surface area (Å²) in [5.41, 5.74) is 2.19. The van der Waals surface area contributed by atoms with E-state index >= 15 is 0 Å². The van der Waals surface area contributed by atoms with E-state index in [-0.39, 0.29) is 5.69 Å². The number of carbonyl (C=O) groups is 1. The van der Waals surface area contributed by atoms with Gasteiger partial charge in [0.2, 0.25) is 0 Å². The Morgan fingerprint density at radius 2 is 2.04 bits per heavy atom. The molecule has 3 aromatic heterocycles. The van der Waals surface area contributed by atoms with Crippen LogP contribution in [0, 0.1) is 0 Å². The van der Waals surface area contributed by atoms with Gasteiger partial charge in [0.25, 0.3) is 0 Å². The number of thiazole rings is 1. The van der Waals surface area contributed by atoms with Gasteiger partial charge in [-0.05, 0) is 29.8 Å². The van der Waals surface area contributed by atoms with Crippen molar-refractivity contribution in [1.29, 1.82) is 0 Å². The third-order valence-electron chi connectivity index (χ3n) is 3.44. The van der Waals surface area contributed by atoms with Gasteiger partial charge in [-0.3, -0.25) is 4.68 Å². The molecule has 0 saturated carbocycles. The van der Waals surface area contributed by atoms with Crippen LogP contribution in [0.25, 0.3) is 31.2 Å². The van der Waals surface area contributed by atoms with E-state index in [1.54, 1.807) is 21.4 Å². The number of nitrogens with zero attached hydrogens (tertiary/aromatic N) is 3. The van der Waals surface area contributed by atoms with Crippen LogP contribution in [0.15, 0.2) is 41.9 Å². The van der Waals surface area contributed by atoms with Gasteiger partial charge in [-0.25, -0.2) is 9.78 Å². The summed E-state index contributed by atoms with van der Waals surface area (Å²) >= 11 is 2.96. The zero-order chi connectivity index (χ0) is 16.0. The smallest absolute Gasteiger partial charge is 0.355 e. The molecule has 114 valence electrons. The normalized spacial score (nSPS) is 11.2. The average molecular weight is 341 g/mol. The second-order valence-electron chi connectivity index (χ2n) is 5.08. The highest BCUT2D eigenvalue weighted by Crippen LogP contribution is 2.36. The zero-order valence-corrected chi connectivity index (χ0v) is 13.7. The summed E-state index contributed by atoms with van der Waals surface area (Å²) in [6.07, 6.45) is 1.99. The number of hydrogen-bond donors (Lipinski definition) is 1. The van der Waals surface area contributed by atoms with Crippen LogP contribution in [0.1, 0.15) is 10.5 Å². The van der Waals surface area contributed by atoms with Crippen molar-refractivity contribution in [2.45, 2.75) is 0 Å². The Labute approximate surface area is 139 Å². The molecule has 0 bridgehead atoms. The Kier molecular flexibility index (Phi) is 3.24. The number of fused-ring (bicyclic) bond motifs is 1. The topological polar surface area (TPSA) is 68.0 Å². The van der Waals surface area contributed by atoms with Crippen molar-refractivity contribution in [3.63, 3.8) is 0 Å². The van der Waals surface area contributed by atoms with E-state index in [0.717, 1.165) is 31.2 Å². The number of aromatic nitrogens is 3. The molecule has 0 saturated heterocycles. The Hall–Kier alpha value is -2.51. The van der Waals surface area contributed by atoms with Gasteiger partial charge in [0.1, 0.15) is 5.01 Å². The molecule has 0 amide bonds. The van der Waals surface area contributed by atoms with Gasteiger partial charge in [-0.2, -0.15) is 5.10 Å². The monoisotopic (exact) mass is 341 g/mol. The van der Waals surface area contributed by atoms with Crippen LogP contribution in [0.2, 0.25) is 0 Å². The maximum Gasteiger partial charge on any atom is 0.355 e. The Bertz CT molecular complexity index is 1030. The molecule has 7 heteroatoms. The van der Waals surface area contributed by atoms with Gasteiger partial charge >= 0.3 is 5.97 Å². The molecule has 0 aliphatic heterocycles. The Morgan fingerprint density at radius 3 is 2.83 bits per heavy atom. The minimum absolute atomic E-state index is 0.0942. The molecule has 0 atom stereocenters. The Morgan fingerprint density at radius 1 is 1.22 bits per heavy atom. The van der Waals surface area contributed by atoms with Gasteiger partial charge in [-0.1, -0.05) is 6.07 Å². The highest BCUT2D eigenvalue weighted by Gasteiger charge is 2.13. The summed E-state index contributed by atoms with van der Waals surface area (Å²) in [6, 6.07) is 10.2. The highest BCUT2D eigenvalue weighted by molar-refractivity contribution is 7.23. The van der Waals surface area contributed by atoms with E-state index in [4.69, 9.17) is 5.11 Å². The molecule has 4 rings (SSSR count). The Balaban J connectivity index is 1.71. The average Bonchev–Trinajstić information content (AvgIpc) is 3.24. The van der Waals surface area contributed by atoms with Crippen LogP contribution in [0.3, 0.4) is 0 Å². The van der Waals surface area contributed by atoms with Gasteiger partial charge in [0.05, 0.1) is 10.4 Å². The molecule has 23 heavy (non-hydrogen) atoms. The van der Waals surface area contributed by atoms with Crippen LogP contribution in [0.5, 0.6) is 0 Å². The fourth-order valence-corrected chi connectivity index (χ4v) is 4.26. The first-order chi connectivity index (χ1) is 11.1. The molecule has 5 nitrogen and oxygen atoms in total. The number of rotatable bonds is 3. The van der Waals surface area contributed by atoms with E-state index in [1.807, 2.05) is 31.4 Å². The minimum atomic E-state index is -0.994. The lowest BCUT2D eigenvalue weighted by molar-refractivity contribution is 0.0691. The summed E-state index contributed by atoms with van der Waals surface area (Å²) in [5, 5.41) is 16.8. The first kappa shape index (κ1) is 14.1. The second kappa shape index (κ2) is 5.29. The number of carboxylic acid groups (broad SMARTS) is 1. The molecule has 0 radical (unpaired) electrons. The fraction of sp³-hybridized carbons (Fsp3) is 0.0625. The quantitative estimate of drug-likeness (QED) is 0.608. The van der Waals surface area contributed by atoms with E-state index < -0.39 is 5.97 Å². The first-order valence-corrected chi connectivity index (χ1v) is 8.52. The van der Waals surface area contributed by atoms with E-state index in [2.05, 4.69) is 22.2 Å². The molecule has 0 aliphatic rings. The molecule has 3 heterocycles. The lowest BCUT2D eigenvalue weighted by Gasteiger charge is -1.96. The van der Waals surface area contributed by atoms with Crippen LogP contribution in [0.4, 0.5) is 0 Å². The SMILES string of the molecule is Cn1cc2cc(-c3ccc(-c4nc(C(=O)O)cs4)s3)ccc2n1. The van der Waals surface area contributed by atoms with E-state index in [0.29, 0.717) is 0 Å². The minimum Gasteiger partial charge on any atom is -0.476 e. The summed E-state index contributed by atoms with van der Waals surface area (Å²) in [5.74, 6) is -0.994. The van der Waals surface area contributed by atoms with Crippen molar-refractivity contribution in [3.05, 3.63) is 47.6 Å². The van der Waals surface area contributed by atoms with Gasteiger partial charge < -0.3 is 5.11 Å². The summed E-state index contributed by atoms with van der Waals surface area (Å²) in [7, 11) is 1.91. The first-order valence-electron chi connectivity index (χ1n) is 6.83. The number of benzene rings is 1. The number of carboxylic acids is 1. The number of aryl methyl sites for hydroxylation is 1. The van der Waals surface area contributed by atoms with Crippen molar-refractivity contribution in [3.8, 4) is 20.3 Å². The third-order valence-corrected chi connectivity index (χ3v) is 5.59. The summed E-state index contributed by atoms with van der Waals surface area (Å²) in [6.45, 7) is 0. The van der Waals surface area contributed by atoms with Gasteiger partial charge in [0, 0.05) is 28.9 Å². The van der Waals surface area contributed by atoms with Crippen molar-refractivity contribution in [2.24, 2.45) is 7.05 Å². The fourth-order valence-electron chi connectivity index (χ4n) is 2.40. The molecular formula is C16H11N3O2S2. The molecule has 0 unspecified atom stereocenters. The molecule has 1 aromatic carbocycles. The highest BCUT2D eigenvalue weighted by atomic mass is 32.1. The molecule has 0 spiro atoms. The van der Waals surface area contributed by atoms with Crippen molar-refractivity contribution in [2.75, 3.05) is 0 Å². The molecular weight excluding hydrogens is 330 g/mol. The number of aromatic carboxylic acids is 1. The van der Waals surface area contributed by atoms with Gasteiger partial charge in [0.15, 0.2) is 5.69 Å². The van der Waals surface area contributed by atoms with E-state index in [9.17, 15) is 4.79 Å². The van der Waals surface area contributed by atoms with Crippen LogP contribution >= 0.6 is 22.7 Å². The van der Waals surface area contributed by atoms with Crippen LogP contribution in [-0.4, -0.2) is 25.8 Å². The van der Waals surface area contributed by atoms with Crippen LogP contribution in [-0.2, 0) is 7.05 Å². The summed E-state index contributed by atoms with van der Waals surface area (Å²) in [4.78, 5) is 17.2. The van der Waals surface area contributed by atoms with Crippen molar-refractivity contribution < 1.29 is 9.90 Å². The lowest BCUT2D eigenvalue weighted by atomic mass is 10.1. The van der Waals surface area contributed by atoms with E-state index in [1.165, 1.54) is 11.3 Å². The number of hydrogen-bond acceptors (Lipinski definition) is 5. The predicted molar refractivity (Wildman–Crippen MR) is 92.1 cm³/mol. The summed E-state index contributed by atoms with van der Waals surface area (Å²) < 4.78 is 1.80. The largest absolute Gasteiger partial charge is 0.476 e.